The van der Waals surface area contributed by atoms with E-state index in [4.69, 9.17) is 0 Å². The summed E-state index contributed by atoms with van der Waals surface area (Å²) in [5.74, 6) is -5.48. The number of alkyl halides is 2. The zero-order chi connectivity index (χ0) is 10.1. The van der Waals surface area contributed by atoms with Crippen LogP contribution in [0.15, 0.2) is 0 Å². The van der Waals surface area contributed by atoms with Crippen LogP contribution >= 0.6 is 0 Å². The van der Waals surface area contributed by atoms with Crippen molar-refractivity contribution >= 4 is 11.8 Å². The molecule has 0 bridgehead atoms. The highest BCUT2D eigenvalue weighted by atomic mass is 19.3. The summed E-state index contributed by atoms with van der Waals surface area (Å²) in [5.41, 5.74) is 3.59. The number of hydrogen-bond acceptors (Lipinski definition) is 2. The fraction of sp³-hybridized carbons (Fsp3) is 0.714. The van der Waals surface area contributed by atoms with Crippen molar-refractivity contribution in [2.24, 2.45) is 5.92 Å². The van der Waals surface area contributed by atoms with Gasteiger partial charge in [-0.05, 0) is 12.8 Å². The number of carbonyl (C=O) groups excluding carboxylic acids is 2. The van der Waals surface area contributed by atoms with Gasteiger partial charge in [-0.2, -0.15) is 8.78 Å². The molecule has 0 spiro atoms. The minimum atomic E-state index is -3.46. The highest BCUT2D eigenvalue weighted by Crippen LogP contribution is 2.28. The Hall–Kier alpha value is -1.20. The second-order valence-corrected chi connectivity index (χ2v) is 3.11. The average Bonchev–Trinajstić information content (AvgIpc) is 2.79. The average molecular weight is 192 g/mol. The molecule has 1 rings (SSSR count). The van der Waals surface area contributed by atoms with Crippen LogP contribution in [0.4, 0.5) is 8.78 Å². The van der Waals surface area contributed by atoms with Crippen molar-refractivity contribution in [1.82, 2.24) is 10.9 Å². The zero-order valence-corrected chi connectivity index (χ0v) is 7.06. The third kappa shape index (κ3) is 2.96. The Labute approximate surface area is 73.6 Å². The van der Waals surface area contributed by atoms with E-state index in [1.165, 1.54) is 0 Å². The van der Waals surface area contributed by atoms with Gasteiger partial charge in [-0.25, -0.2) is 0 Å². The highest BCUT2D eigenvalue weighted by Gasteiger charge is 2.34. The SMILES string of the molecule is CC(F)(F)C(=O)NNC(=O)C1CC1. The van der Waals surface area contributed by atoms with Gasteiger partial charge in [0.1, 0.15) is 0 Å². The van der Waals surface area contributed by atoms with Crippen LogP contribution in [0.1, 0.15) is 19.8 Å². The number of carbonyl (C=O) groups is 2. The van der Waals surface area contributed by atoms with E-state index in [-0.39, 0.29) is 5.92 Å². The number of rotatable bonds is 2. The summed E-state index contributed by atoms with van der Waals surface area (Å²) in [7, 11) is 0. The predicted molar refractivity (Wildman–Crippen MR) is 39.6 cm³/mol. The normalized spacial score (nSPS) is 16.5. The van der Waals surface area contributed by atoms with Crippen molar-refractivity contribution in [3.05, 3.63) is 0 Å². The van der Waals surface area contributed by atoms with Crippen molar-refractivity contribution in [2.75, 3.05) is 0 Å². The molecule has 0 heterocycles. The minimum Gasteiger partial charge on any atom is -0.273 e. The minimum absolute atomic E-state index is 0.120. The maximum atomic E-state index is 12.2. The summed E-state index contributed by atoms with van der Waals surface area (Å²) in [6.07, 6.45) is 1.51. The molecule has 2 amide bonds. The summed E-state index contributed by atoms with van der Waals surface area (Å²) in [6, 6.07) is 0. The van der Waals surface area contributed by atoms with Gasteiger partial charge in [-0.1, -0.05) is 0 Å². The van der Waals surface area contributed by atoms with Crippen molar-refractivity contribution < 1.29 is 18.4 Å². The zero-order valence-electron chi connectivity index (χ0n) is 7.06. The summed E-state index contributed by atoms with van der Waals surface area (Å²) in [4.78, 5) is 21.4. The maximum absolute atomic E-state index is 12.2. The summed E-state index contributed by atoms with van der Waals surface area (Å²) < 4.78 is 24.4. The Morgan fingerprint density at radius 3 is 2.23 bits per heavy atom. The molecule has 0 atom stereocenters. The van der Waals surface area contributed by atoms with Crippen LogP contribution in [-0.4, -0.2) is 17.7 Å². The first-order valence-electron chi connectivity index (χ1n) is 3.89. The van der Waals surface area contributed by atoms with E-state index in [0.717, 1.165) is 12.8 Å². The van der Waals surface area contributed by atoms with Crippen molar-refractivity contribution in [2.45, 2.75) is 25.7 Å². The Morgan fingerprint density at radius 1 is 1.31 bits per heavy atom. The quantitative estimate of drug-likeness (QED) is 0.614. The first-order valence-corrected chi connectivity index (χ1v) is 3.89. The number of nitrogens with one attached hydrogen (secondary N) is 2. The van der Waals surface area contributed by atoms with Gasteiger partial charge < -0.3 is 0 Å². The molecule has 0 aromatic heterocycles. The smallest absolute Gasteiger partial charge is 0.273 e. The summed E-state index contributed by atoms with van der Waals surface area (Å²) >= 11 is 0. The monoisotopic (exact) mass is 192 g/mol. The largest absolute Gasteiger partial charge is 0.323 e. The second-order valence-electron chi connectivity index (χ2n) is 3.11. The molecule has 13 heavy (non-hydrogen) atoms. The highest BCUT2D eigenvalue weighted by molar-refractivity contribution is 5.87. The molecular weight excluding hydrogens is 182 g/mol. The fourth-order valence-electron chi connectivity index (χ4n) is 0.676. The lowest BCUT2D eigenvalue weighted by Gasteiger charge is -2.11. The van der Waals surface area contributed by atoms with E-state index in [1.54, 1.807) is 5.43 Å². The number of halogens is 2. The summed E-state index contributed by atoms with van der Waals surface area (Å²) in [5, 5.41) is 0. The molecular formula is C7H10F2N2O2. The topological polar surface area (TPSA) is 58.2 Å². The van der Waals surface area contributed by atoms with Gasteiger partial charge in [-0.3, -0.25) is 20.4 Å². The molecule has 2 N–H and O–H groups in total. The molecule has 0 radical (unpaired) electrons. The van der Waals surface area contributed by atoms with E-state index in [2.05, 4.69) is 0 Å². The van der Waals surface area contributed by atoms with Crippen LogP contribution in [-0.2, 0) is 9.59 Å². The molecule has 1 aliphatic carbocycles. The first-order chi connectivity index (χ1) is 5.91. The van der Waals surface area contributed by atoms with Crippen LogP contribution in [0.25, 0.3) is 0 Å². The standard InChI is InChI=1S/C7H10F2N2O2/c1-7(8,9)6(13)11-10-5(12)4-2-3-4/h4H,2-3H2,1H3,(H,10,12)(H,11,13). The molecule has 4 nitrogen and oxygen atoms in total. The molecule has 74 valence electrons. The fourth-order valence-corrected chi connectivity index (χ4v) is 0.676. The van der Waals surface area contributed by atoms with Gasteiger partial charge in [-0.15, -0.1) is 0 Å². The van der Waals surface area contributed by atoms with E-state index in [0.29, 0.717) is 6.92 Å². The predicted octanol–water partition coefficient (Wildman–Crippen LogP) is 0.199. The number of amides is 2. The van der Waals surface area contributed by atoms with E-state index in [1.807, 2.05) is 5.43 Å². The van der Waals surface area contributed by atoms with Crippen LogP contribution in [0.5, 0.6) is 0 Å². The molecule has 0 saturated heterocycles. The van der Waals surface area contributed by atoms with E-state index < -0.39 is 17.7 Å². The molecule has 0 aromatic carbocycles. The maximum Gasteiger partial charge on any atom is 0.323 e. The van der Waals surface area contributed by atoms with Gasteiger partial charge in [0.25, 0.3) is 0 Å². The lowest BCUT2D eigenvalue weighted by atomic mass is 10.4. The number of hydrazine groups is 1. The van der Waals surface area contributed by atoms with E-state index >= 15 is 0 Å². The number of hydrogen-bond donors (Lipinski definition) is 2. The first kappa shape index (κ1) is 9.88. The van der Waals surface area contributed by atoms with Crippen molar-refractivity contribution in [3.8, 4) is 0 Å². The Morgan fingerprint density at radius 2 is 1.85 bits per heavy atom. The van der Waals surface area contributed by atoms with Gasteiger partial charge >= 0.3 is 11.8 Å². The van der Waals surface area contributed by atoms with Gasteiger partial charge in [0, 0.05) is 12.8 Å². The van der Waals surface area contributed by atoms with Crippen LogP contribution in [0.2, 0.25) is 0 Å². The third-order valence-corrected chi connectivity index (χ3v) is 1.65. The molecule has 0 aliphatic heterocycles. The molecule has 1 aliphatic rings. The summed E-state index contributed by atoms with van der Waals surface area (Å²) in [6.45, 7) is 0.464. The Bertz CT molecular complexity index is 233. The lowest BCUT2D eigenvalue weighted by Crippen LogP contribution is -2.48. The Balaban J connectivity index is 2.25. The van der Waals surface area contributed by atoms with E-state index in [9.17, 15) is 18.4 Å². The molecule has 0 aromatic rings. The van der Waals surface area contributed by atoms with Crippen LogP contribution in [0, 0.1) is 5.92 Å². The molecule has 6 heteroatoms. The van der Waals surface area contributed by atoms with Gasteiger partial charge in [0.05, 0.1) is 0 Å². The van der Waals surface area contributed by atoms with Crippen LogP contribution in [0.3, 0.4) is 0 Å². The lowest BCUT2D eigenvalue weighted by molar-refractivity contribution is -0.146. The molecule has 1 fully saturated rings. The second kappa shape index (κ2) is 3.27. The van der Waals surface area contributed by atoms with Crippen molar-refractivity contribution in [3.63, 3.8) is 0 Å². The van der Waals surface area contributed by atoms with Crippen molar-refractivity contribution in [1.29, 1.82) is 0 Å². The van der Waals surface area contributed by atoms with Crippen LogP contribution < -0.4 is 10.9 Å². The molecule has 1 saturated carbocycles. The molecule has 0 unspecified atom stereocenters. The van der Waals surface area contributed by atoms with Gasteiger partial charge in [0.15, 0.2) is 0 Å². The Kier molecular flexibility index (Phi) is 2.49. The van der Waals surface area contributed by atoms with Gasteiger partial charge in [0.2, 0.25) is 5.91 Å². The third-order valence-electron chi connectivity index (χ3n) is 1.65.